The fraction of sp³-hybridized carbons (Fsp3) is 0.296. The Labute approximate surface area is 198 Å². The highest BCUT2D eigenvalue weighted by atomic mass is 16.4. The Hall–Kier alpha value is -3.87. The smallest absolute Gasteiger partial charge is 0.295 e. The van der Waals surface area contributed by atoms with Crippen LogP contribution in [0, 0.1) is 11.8 Å². The summed E-state index contributed by atoms with van der Waals surface area (Å²) in [5.41, 5.74) is 5.03. The van der Waals surface area contributed by atoms with Gasteiger partial charge in [0, 0.05) is 44.6 Å². The number of oxazole rings is 1. The molecule has 3 atom stereocenters. The summed E-state index contributed by atoms with van der Waals surface area (Å²) >= 11 is 0. The second-order valence-electron chi connectivity index (χ2n) is 9.40. The summed E-state index contributed by atoms with van der Waals surface area (Å²) in [6.07, 6.45) is 2.87. The van der Waals surface area contributed by atoms with Crippen LogP contribution in [-0.2, 0) is 0 Å². The number of fused-ring (bicyclic) bond motifs is 2. The van der Waals surface area contributed by atoms with Crippen LogP contribution in [0.15, 0.2) is 71.3 Å². The van der Waals surface area contributed by atoms with Crippen LogP contribution in [0.2, 0.25) is 0 Å². The Balaban J connectivity index is 1.25. The molecule has 2 aromatic heterocycles. The Morgan fingerprint density at radius 3 is 2.88 bits per heavy atom. The van der Waals surface area contributed by atoms with Crippen molar-refractivity contribution in [1.82, 2.24) is 14.9 Å². The van der Waals surface area contributed by atoms with Gasteiger partial charge < -0.3 is 19.5 Å². The van der Waals surface area contributed by atoms with E-state index in [4.69, 9.17) is 4.42 Å². The Bertz CT molecular complexity index is 1330. The number of hydrogen-bond donors (Lipinski definition) is 1. The molecule has 1 saturated heterocycles. The van der Waals surface area contributed by atoms with Crippen molar-refractivity contribution < 1.29 is 9.21 Å². The molecule has 1 saturated carbocycles. The quantitative estimate of drug-likeness (QED) is 0.462. The van der Waals surface area contributed by atoms with Crippen molar-refractivity contribution in [1.29, 1.82) is 0 Å². The first kappa shape index (κ1) is 20.7. The minimum absolute atomic E-state index is 0.0116. The number of carbonyl (C=O) groups excluding carboxylic acids is 1. The third-order valence-electron chi connectivity index (χ3n) is 7.00. The van der Waals surface area contributed by atoms with Crippen LogP contribution in [0.5, 0.6) is 0 Å². The monoisotopic (exact) mass is 453 g/mol. The van der Waals surface area contributed by atoms with Gasteiger partial charge in [0.2, 0.25) is 0 Å². The van der Waals surface area contributed by atoms with Crippen LogP contribution in [0.1, 0.15) is 16.9 Å². The Morgan fingerprint density at radius 1 is 1.15 bits per heavy atom. The third kappa shape index (κ3) is 3.67. The first-order valence-electron chi connectivity index (χ1n) is 11.7. The van der Waals surface area contributed by atoms with Gasteiger partial charge >= 0.3 is 0 Å². The van der Waals surface area contributed by atoms with Gasteiger partial charge in [-0.2, -0.15) is 4.98 Å². The van der Waals surface area contributed by atoms with Crippen LogP contribution in [0.25, 0.3) is 22.2 Å². The van der Waals surface area contributed by atoms with E-state index in [0.29, 0.717) is 30.1 Å². The van der Waals surface area contributed by atoms with Crippen molar-refractivity contribution in [2.24, 2.45) is 11.8 Å². The Kier molecular flexibility index (Phi) is 4.98. The van der Waals surface area contributed by atoms with Gasteiger partial charge in [-0.05, 0) is 54.2 Å². The molecule has 4 aromatic rings. The van der Waals surface area contributed by atoms with Gasteiger partial charge in [0.1, 0.15) is 11.2 Å². The van der Waals surface area contributed by atoms with Crippen molar-refractivity contribution in [2.45, 2.75) is 12.5 Å². The molecule has 7 heteroatoms. The van der Waals surface area contributed by atoms with E-state index in [1.807, 2.05) is 67.5 Å². The number of carbonyl (C=O) groups is 1. The molecule has 0 bridgehead atoms. The van der Waals surface area contributed by atoms with Crippen LogP contribution < -0.4 is 10.2 Å². The molecule has 0 radical (unpaired) electrons. The molecule has 1 aliphatic carbocycles. The van der Waals surface area contributed by atoms with Crippen molar-refractivity contribution in [2.75, 3.05) is 37.4 Å². The number of pyridine rings is 1. The van der Waals surface area contributed by atoms with Gasteiger partial charge in [0.05, 0.1) is 6.04 Å². The zero-order chi connectivity index (χ0) is 23.2. The van der Waals surface area contributed by atoms with E-state index in [0.717, 1.165) is 34.5 Å². The lowest BCUT2D eigenvalue weighted by atomic mass is 10.0. The minimum Gasteiger partial charge on any atom is -0.424 e. The molecule has 2 fully saturated rings. The molecule has 1 aliphatic heterocycles. The van der Waals surface area contributed by atoms with Crippen LogP contribution in [0.4, 0.5) is 11.7 Å². The van der Waals surface area contributed by atoms with Crippen molar-refractivity contribution >= 4 is 28.7 Å². The molecular formula is C27H27N5O2. The molecular weight excluding hydrogens is 426 g/mol. The van der Waals surface area contributed by atoms with Crippen molar-refractivity contribution in [3.05, 3.63) is 72.6 Å². The lowest BCUT2D eigenvalue weighted by Crippen LogP contribution is -2.43. The molecule has 172 valence electrons. The normalized spacial score (nSPS) is 20.9. The zero-order valence-electron chi connectivity index (χ0n) is 19.3. The highest BCUT2D eigenvalue weighted by molar-refractivity contribution is 5.99. The number of piperidine rings is 1. The SMILES string of the molecule is CN(C)c1cccc(-c2cccnc2C(=O)N2CC3CC3C2CNc2nc3ccccc3o2)c1. The molecule has 2 aromatic carbocycles. The average Bonchev–Trinajstić information content (AvgIpc) is 3.35. The van der Waals surface area contributed by atoms with E-state index in [-0.39, 0.29) is 11.9 Å². The molecule has 3 unspecified atom stereocenters. The fourth-order valence-electron chi connectivity index (χ4n) is 5.10. The van der Waals surface area contributed by atoms with Gasteiger partial charge in [-0.15, -0.1) is 0 Å². The summed E-state index contributed by atoms with van der Waals surface area (Å²) in [4.78, 5) is 26.9. The summed E-state index contributed by atoms with van der Waals surface area (Å²) in [6.45, 7) is 1.38. The number of benzene rings is 2. The molecule has 34 heavy (non-hydrogen) atoms. The number of nitrogens with one attached hydrogen (secondary N) is 1. The molecule has 2 aliphatic rings. The van der Waals surface area contributed by atoms with E-state index >= 15 is 0 Å². The lowest BCUT2D eigenvalue weighted by molar-refractivity contribution is 0.0710. The summed E-state index contributed by atoms with van der Waals surface area (Å²) in [6, 6.07) is 20.4. The summed E-state index contributed by atoms with van der Waals surface area (Å²) in [5.74, 6) is 1.08. The number of para-hydroxylation sites is 2. The fourth-order valence-corrected chi connectivity index (χ4v) is 5.10. The summed E-state index contributed by atoms with van der Waals surface area (Å²) < 4.78 is 5.82. The first-order chi connectivity index (χ1) is 16.6. The van der Waals surface area contributed by atoms with Crippen LogP contribution in [0.3, 0.4) is 0 Å². The summed E-state index contributed by atoms with van der Waals surface area (Å²) in [7, 11) is 4.03. The Morgan fingerprint density at radius 2 is 2.03 bits per heavy atom. The van der Waals surface area contributed by atoms with Crippen molar-refractivity contribution in [3.63, 3.8) is 0 Å². The van der Waals surface area contributed by atoms with Gasteiger partial charge in [-0.1, -0.05) is 30.3 Å². The second kappa shape index (κ2) is 8.17. The summed E-state index contributed by atoms with van der Waals surface area (Å²) in [5, 5.41) is 3.34. The molecule has 1 N–H and O–H groups in total. The third-order valence-corrected chi connectivity index (χ3v) is 7.00. The zero-order valence-corrected chi connectivity index (χ0v) is 19.3. The predicted molar refractivity (Wildman–Crippen MR) is 133 cm³/mol. The number of rotatable bonds is 6. The first-order valence-corrected chi connectivity index (χ1v) is 11.7. The van der Waals surface area contributed by atoms with Gasteiger partial charge in [-0.3, -0.25) is 9.78 Å². The molecule has 1 amide bonds. The predicted octanol–water partition coefficient (Wildman–Crippen LogP) is 4.53. The number of aromatic nitrogens is 2. The van der Waals surface area contributed by atoms with E-state index in [2.05, 4.69) is 32.3 Å². The molecule has 7 nitrogen and oxygen atoms in total. The number of nitrogens with zero attached hydrogens (tertiary/aromatic N) is 4. The molecule has 3 heterocycles. The highest BCUT2D eigenvalue weighted by Crippen LogP contribution is 2.50. The number of likely N-dealkylation sites (tertiary alicyclic amines) is 1. The van der Waals surface area contributed by atoms with E-state index < -0.39 is 0 Å². The van der Waals surface area contributed by atoms with Gasteiger partial charge in [0.15, 0.2) is 5.58 Å². The number of hydrogen-bond acceptors (Lipinski definition) is 6. The average molecular weight is 454 g/mol. The standard InChI is InChI=1S/C27H27N5O2/c1-31(2)19-8-5-7-17(13-19)20-9-6-12-28-25(20)26(33)32-16-18-14-21(18)23(32)15-29-27-30-22-10-3-4-11-24(22)34-27/h3-13,18,21,23H,14-16H2,1-2H3,(H,29,30). The van der Waals surface area contributed by atoms with Gasteiger partial charge in [0.25, 0.3) is 11.9 Å². The maximum atomic E-state index is 13.8. The van der Waals surface area contributed by atoms with Gasteiger partial charge in [-0.25, -0.2) is 0 Å². The minimum atomic E-state index is -0.0116. The van der Waals surface area contributed by atoms with Crippen LogP contribution >= 0.6 is 0 Å². The highest BCUT2D eigenvalue weighted by Gasteiger charge is 2.54. The molecule has 0 spiro atoms. The maximum Gasteiger partial charge on any atom is 0.295 e. The second-order valence-corrected chi connectivity index (χ2v) is 9.40. The van der Waals surface area contributed by atoms with E-state index in [1.54, 1.807) is 6.20 Å². The maximum absolute atomic E-state index is 13.8. The lowest BCUT2D eigenvalue weighted by Gasteiger charge is -2.28. The van der Waals surface area contributed by atoms with E-state index in [1.165, 1.54) is 6.42 Å². The van der Waals surface area contributed by atoms with E-state index in [9.17, 15) is 4.79 Å². The van der Waals surface area contributed by atoms with Crippen LogP contribution in [-0.4, -0.2) is 54.0 Å². The largest absolute Gasteiger partial charge is 0.424 e. The molecule has 6 rings (SSSR count). The number of amides is 1. The number of anilines is 2. The van der Waals surface area contributed by atoms with Crippen molar-refractivity contribution in [3.8, 4) is 11.1 Å². The topological polar surface area (TPSA) is 74.5 Å².